The fourth-order valence-electron chi connectivity index (χ4n) is 2.42. The molecule has 1 saturated heterocycles. The molecule has 2 heterocycles. The maximum Gasteiger partial charge on any atom is 0.245 e. The molecular weight excluding hydrogens is 269 g/mol. The Balaban J connectivity index is 2.37. The molecule has 0 aliphatic carbocycles. The van der Waals surface area contributed by atoms with Gasteiger partial charge in [-0.05, 0) is 25.8 Å². The van der Waals surface area contributed by atoms with Crippen LogP contribution in [0.1, 0.15) is 26.2 Å². The van der Waals surface area contributed by atoms with Gasteiger partial charge in [-0.2, -0.15) is 4.31 Å². The highest BCUT2D eigenvalue weighted by atomic mass is 32.2. The molecule has 2 atom stereocenters. The lowest BCUT2D eigenvalue weighted by Gasteiger charge is -2.36. The lowest BCUT2D eigenvalue weighted by Crippen LogP contribution is -2.51. The van der Waals surface area contributed by atoms with Crippen LogP contribution < -0.4 is 5.73 Å². The van der Waals surface area contributed by atoms with Gasteiger partial charge in [-0.3, -0.25) is 4.98 Å². The van der Waals surface area contributed by atoms with Crippen LogP contribution in [0.15, 0.2) is 23.4 Å². The van der Waals surface area contributed by atoms with Crippen molar-refractivity contribution < 1.29 is 12.8 Å². The van der Waals surface area contributed by atoms with Crippen molar-refractivity contribution in [3.05, 3.63) is 24.3 Å². The molecule has 1 aromatic rings. The molecule has 106 valence electrons. The van der Waals surface area contributed by atoms with E-state index in [1.54, 1.807) is 6.92 Å². The van der Waals surface area contributed by atoms with Gasteiger partial charge in [0.2, 0.25) is 10.0 Å². The fraction of sp³-hybridized carbons (Fsp3) is 0.583. The van der Waals surface area contributed by atoms with Crippen molar-refractivity contribution in [2.24, 2.45) is 5.73 Å². The topological polar surface area (TPSA) is 76.3 Å². The molecule has 2 N–H and O–H groups in total. The third-order valence-corrected chi connectivity index (χ3v) is 5.28. The largest absolute Gasteiger partial charge is 0.326 e. The summed E-state index contributed by atoms with van der Waals surface area (Å²) in [7, 11) is -3.73. The number of piperidine rings is 1. The maximum absolute atomic E-state index is 13.2. The summed E-state index contributed by atoms with van der Waals surface area (Å²) in [5.41, 5.74) is 5.87. The smallest absolute Gasteiger partial charge is 0.245 e. The zero-order valence-electron chi connectivity index (χ0n) is 10.8. The zero-order valence-corrected chi connectivity index (χ0v) is 11.6. The Bertz CT molecular complexity index is 548. The Hall–Kier alpha value is -1.05. The van der Waals surface area contributed by atoms with Gasteiger partial charge in [-0.15, -0.1) is 0 Å². The minimum atomic E-state index is -3.73. The van der Waals surface area contributed by atoms with Gasteiger partial charge < -0.3 is 5.73 Å². The number of aromatic nitrogens is 1. The van der Waals surface area contributed by atoms with Crippen molar-refractivity contribution >= 4 is 10.0 Å². The molecule has 2 rings (SSSR count). The third kappa shape index (κ3) is 2.93. The summed E-state index contributed by atoms with van der Waals surface area (Å²) >= 11 is 0. The first-order valence-corrected chi connectivity index (χ1v) is 7.75. The van der Waals surface area contributed by atoms with Gasteiger partial charge in [0.1, 0.15) is 10.7 Å². The summed E-state index contributed by atoms with van der Waals surface area (Å²) in [6.07, 6.45) is 4.65. The van der Waals surface area contributed by atoms with E-state index in [9.17, 15) is 12.8 Å². The first-order valence-electron chi connectivity index (χ1n) is 6.31. The monoisotopic (exact) mass is 287 g/mol. The molecule has 19 heavy (non-hydrogen) atoms. The maximum atomic E-state index is 13.2. The highest BCUT2D eigenvalue weighted by molar-refractivity contribution is 7.89. The Morgan fingerprint density at radius 2 is 2.21 bits per heavy atom. The summed E-state index contributed by atoms with van der Waals surface area (Å²) in [4.78, 5) is 3.49. The number of hydrogen-bond acceptors (Lipinski definition) is 4. The third-order valence-electron chi connectivity index (χ3n) is 3.39. The highest BCUT2D eigenvalue weighted by Gasteiger charge is 2.35. The van der Waals surface area contributed by atoms with Crippen LogP contribution in [-0.4, -0.2) is 36.3 Å². The molecule has 0 amide bonds. The average molecular weight is 287 g/mol. The van der Waals surface area contributed by atoms with E-state index in [1.807, 2.05) is 0 Å². The quantitative estimate of drug-likeness (QED) is 0.903. The average Bonchev–Trinajstić information content (AvgIpc) is 2.38. The van der Waals surface area contributed by atoms with Crippen LogP contribution in [0, 0.1) is 5.82 Å². The predicted molar refractivity (Wildman–Crippen MR) is 69.4 cm³/mol. The predicted octanol–water partition coefficient (Wildman–Crippen LogP) is 1.11. The second-order valence-electron chi connectivity index (χ2n) is 4.88. The zero-order chi connectivity index (χ0) is 14.0. The molecule has 0 aromatic carbocycles. The fourth-order valence-corrected chi connectivity index (χ4v) is 4.17. The van der Waals surface area contributed by atoms with E-state index in [0.717, 1.165) is 31.5 Å². The van der Waals surface area contributed by atoms with Crippen LogP contribution in [0.4, 0.5) is 4.39 Å². The van der Waals surface area contributed by atoms with Crippen LogP contribution in [0.5, 0.6) is 0 Å². The SMILES string of the molecule is CC(N)C1CCCCN1S(=O)(=O)c1cncc(F)c1. The lowest BCUT2D eigenvalue weighted by molar-refractivity contribution is 0.227. The molecule has 7 heteroatoms. The summed E-state index contributed by atoms with van der Waals surface area (Å²) in [6.45, 7) is 2.22. The molecule has 1 aromatic heterocycles. The molecular formula is C12H18FN3O2S. The minimum absolute atomic E-state index is 0.111. The summed E-state index contributed by atoms with van der Waals surface area (Å²) < 4.78 is 39.6. The number of rotatable bonds is 3. The van der Waals surface area contributed by atoms with Crippen molar-refractivity contribution in [2.75, 3.05) is 6.54 Å². The normalized spacial score (nSPS) is 23.2. The van der Waals surface area contributed by atoms with E-state index in [4.69, 9.17) is 5.73 Å². The van der Waals surface area contributed by atoms with Gasteiger partial charge in [0.05, 0.1) is 6.20 Å². The number of nitrogens with zero attached hydrogens (tertiary/aromatic N) is 2. The number of sulfonamides is 1. The van der Waals surface area contributed by atoms with Gasteiger partial charge in [0.15, 0.2) is 0 Å². The van der Waals surface area contributed by atoms with E-state index in [2.05, 4.69) is 4.98 Å². The summed E-state index contributed by atoms with van der Waals surface area (Å²) in [5, 5.41) is 0. The van der Waals surface area contributed by atoms with Gasteiger partial charge in [0, 0.05) is 24.8 Å². The van der Waals surface area contributed by atoms with E-state index in [1.165, 1.54) is 10.5 Å². The van der Waals surface area contributed by atoms with Gasteiger partial charge in [-0.25, -0.2) is 12.8 Å². The number of hydrogen-bond donors (Lipinski definition) is 1. The Morgan fingerprint density at radius 3 is 2.84 bits per heavy atom. The second-order valence-corrected chi connectivity index (χ2v) is 6.77. The van der Waals surface area contributed by atoms with E-state index < -0.39 is 15.8 Å². The molecule has 0 spiro atoms. The first kappa shape index (κ1) is 14.4. The molecule has 0 bridgehead atoms. The molecule has 1 aliphatic heterocycles. The van der Waals surface area contributed by atoms with Gasteiger partial charge >= 0.3 is 0 Å². The number of pyridine rings is 1. The minimum Gasteiger partial charge on any atom is -0.326 e. The van der Waals surface area contributed by atoms with Crippen LogP contribution >= 0.6 is 0 Å². The number of nitrogens with two attached hydrogens (primary N) is 1. The molecule has 2 unspecified atom stereocenters. The van der Waals surface area contributed by atoms with E-state index >= 15 is 0 Å². The molecule has 0 saturated carbocycles. The van der Waals surface area contributed by atoms with Crippen molar-refractivity contribution in [1.82, 2.24) is 9.29 Å². The van der Waals surface area contributed by atoms with E-state index in [-0.39, 0.29) is 17.0 Å². The van der Waals surface area contributed by atoms with Crippen LogP contribution in [0.2, 0.25) is 0 Å². The van der Waals surface area contributed by atoms with Crippen LogP contribution in [0.3, 0.4) is 0 Å². The summed E-state index contributed by atoms with van der Waals surface area (Å²) in [5.74, 6) is -0.657. The lowest BCUT2D eigenvalue weighted by atomic mass is 10.00. The molecule has 1 fully saturated rings. The molecule has 0 radical (unpaired) electrons. The van der Waals surface area contributed by atoms with Crippen LogP contribution in [-0.2, 0) is 10.0 Å². The van der Waals surface area contributed by atoms with E-state index in [0.29, 0.717) is 6.54 Å². The van der Waals surface area contributed by atoms with Crippen LogP contribution in [0.25, 0.3) is 0 Å². The van der Waals surface area contributed by atoms with Crippen molar-refractivity contribution in [2.45, 2.75) is 43.2 Å². The highest BCUT2D eigenvalue weighted by Crippen LogP contribution is 2.26. The van der Waals surface area contributed by atoms with Crippen molar-refractivity contribution in [3.63, 3.8) is 0 Å². The number of halogens is 1. The Labute approximate surface area is 112 Å². The van der Waals surface area contributed by atoms with Gasteiger partial charge in [-0.1, -0.05) is 6.42 Å². The molecule has 5 nitrogen and oxygen atoms in total. The second kappa shape index (κ2) is 5.52. The summed E-state index contributed by atoms with van der Waals surface area (Å²) in [6, 6.07) is 0.508. The molecule has 1 aliphatic rings. The Kier molecular flexibility index (Phi) is 4.17. The van der Waals surface area contributed by atoms with Crippen molar-refractivity contribution in [1.29, 1.82) is 0 Å². The van der Waals surface area contributed by atoms with Gasteiger partial charge in [0.25, 0.3) is 0 Å². The first-order chi connectivity index (χ1) is 8.93. The standard InChI is InChI=1S/C12H18FN3O2S/c1-9(14)12-4-2-3-5-16(12)19(17,18)11-6-10(13)7-15-8-11/h6-9,12H,2-5,14H2,1H3. The Morgan fingerprint density at radius 1 is 1.47 bits per heavy atom. The van der Waals surface area contributed by atoms with Crippen molar-refractivity contribution in [3.8, 4) is 0 Å².